The van der Waals surface area contributed by atoms with Gasteiger partial charge in [0.2, 0.25) is 0 Å². The number of ether oxygens (including phenoxy) is 1. The van der Waals surface area contributed by atoms with Gasteiger partial charge in [0.1, 0.15) is 6.10 Å². The molecule has 3 aliphatic rings. The first-order chi connectivity index (χ1) is 7.64. The van der Waals surface area contributed by atoms with Crippen LogP contribution in [-0.4, -0.2) is 22.8 Å². The smallest absolute Gasteiger partial charge is 0.330 e. The third-order valence-electron chi connectivity index (χ3n) is 4.87. The topological polar surface area (TPSA) is 46.5 Å². The van der Waals surface area contributed by atoms with Crippen LogP contribution in [0.15, 0.2) is 12.7 Å². The number of esters is 1. The van der Waals surface area contributed by atoms with E-state index in [0.717, 1.165) is 12.8 Å². The molecule has 5 unspecified atom stereocenters. The van der Waals surface area contributed by atoms with E-state index in [2.05, 4.69) is 6.58 Å². The van der Waals surface area contributed by atoms with Crippen LogP contribution in [0.25, 0.3) is 0 Å². The molecule has 88 valence electrons. The van der Waals surface area contributed by atoms with Gasteiger partial charge in [-0.15, -0.1) is 0 Å². The van der Waals surface area contributed by atoms with Crippen molar-refractivity contribution in [3.8, 4) is 0 Å². The van der Waals surface area contributed by atoms with Crippen LogP contribution < -0.4 is 0 Å². The molecule has 0 radical (unpaired) electrons. The number of hydrogen-bond donors (Lipinski definition) is 1. The molecule has 1 N–H and O–H groups in total. The second-order valence-electron chi connectivity index (χ2n) is 5.56. The van der Waals surface area contributed by atoms with E-state index >= 15 is 0 Å². The first-order valence-corrected chi connectivity index (χ1v) is 6.19. The summed E-state index contributed by atoms with van der Waals surface area (Å²) in [6, 6.07) is 0. The van der Waals surface area contributed by atoms with Gasteiger partial charge in [0.25, 0.3) is 0 Å². The molecule has 0 aromatic rings. The zero-order valence-corrected chi connectivity index (χ0v) is 9.39. The molecule has 0 aromatic heterocycles. The number of rotatable bonds is 2. The van der Waals surface area contributed by atoms with Gasteiger partial charge in [-0.1, -0.05) is 13.0 Å². The van der Waals surface area contributed by atoms with E-state index in [1.165, 1.54) is 18.9 Å². The molecular formula is C13H18O3. The fraction of sp³-hybridized carbons (Fsp3) is 0.769. The largest absolute Gasteiger partial charge is 0.459 e. The maximum atomic E-state index is 11.2. The van der Waals surface area contributed by atoms with E-state index < -0.39 is 5.60 Å². The minimum Gasteiger partial charge on any atom is -0.459 e. The van der Waals surface area contributed by atoms with Crippen molar-refractivity contribution < 1.29 is 14.6 Å². The molecule has 0 heterocycles. The lowest BCUT2D eigenvalue weighted by atomic mass is 9.78. The fourth-order valence-corrected chi connectivity index (χ4v) is 4.35. The zero-order chi connectivity index (χ0) is 11.3. The first-order valence-electron chi connectivity index (χ1n) is 6.19. The van der Waals surface area contributed by atoms with E-state index in [1.54, 1.807) is 0 Å². The molecule has 16 heavy (non-hydrogen) atoms. The van der Waals surface area contributed by atoms with Crippen molar-refractivity contribution in [2.45, 2.75) is 43.8 Å². The van der Waals surface area contributed by atoms with Gasteiger partial charge < -0.3 is 9.84 Å². The third-order valence-corrected chi connectivity index (χ3v) is 4.87. The molecule has 2 bridgehead atoms. The van der Waals surface area contributed by atoms with Crippen LogP contribution in [0.3, 0.4) is 0 Å². The molecule has 3 nitrogen and oxygen atoms in total. The quantitative estimate of drug-likeness (QED) is 0.571. The standard InChI is InChI=1S/C13H18O3/c1-2-12(14)16-11-7-13(15)6-9(11)8-4-3-5-10(8)13/h2,8-11,15H,1,3-7H2. The summed E-state index contributed by atoms with van der Waals surface area (Å²) in [6.45, 7) is 3.41. The molecule has 3 aliphatic carbocycles. The maximum Gasteiger partial charge on any atom is 0.330 e. The molecule has 0 aromatic carbocycles. The van der Waals surface area contributed by atoms with Gasteiger partial charge >= 0.3 is 5.97 Å². The summed E-state index contributed by atoms with van der Waals surface area (Å²) < 4.78 is 5.35. The van der Waals surface area contributed by atoms with E-state index in [1.807, 2.05) is 0 Å². The van der Waals surface area contributed by atoms with Crippen LogP contribution in [0.5, 0.6) is 0 Å². The number of carbonyl (C=O) groups excluding carboxylic acids is 1. The van der Waals surface area contributed by atoms with Crippen molar-refractivity contribution in [2.75, 3.05) is 0 Å². The molecule has 3 saturated carbocycles. The normalized spacial score (nSPS) is 49.1. The summed E-state index contributed by atoms with van der Waals surface area (Å²) in [7, 11) is 0. The van der Waals surface area contributed by atoms with Gasteiger partial charge in [0, 0.05) is 18.4 Å². The van der Waals surface area contributed by atoms with Crippen LogP contribution in [0, 0.1) is 17.8 Å². The highest BCUT2D eigenvalue weighted by Gasteiger charge is 2.63. The Bertz CT molecular complexity index is 338. The van der Waals surface area contributed by atoms with E-state index in [0.29, 0.717) is 24.2 Å². The van der Waals surface area contributed by atoms with Gasteiger partial charge in [-0.3, -0.25) is 0 Å². The van der Waals surface area contributed by atoms with Gasteiger partial charge in [-0.05, 0) is 31.1 Å². The Morgan fingerprint density at radius 1 is 1.38 bits per heavy atom. The molecule has 0 amide bonds. The highest BCUT2D eigenvalue weighted by Crippen LogP contribution is 2.61. The number of hydrogen-bond acceptors (Lipinski definition) is 3. The molecule has 3 heteroatoms. The Labute approximate surface area is 95.5 Å². The summed E-state index contributed by atoms with van der Waals surface area (Å²) in [5.41, 5.74) is -0.544. The zero-order valence-electron chi connectivity index (χ0n) is 9.39. The Hall–Kier alpha value is -0.830. The van der Waals surface area contributed by atoms with E-state index in [9.17, 15) is 9.90 Å². The summed E-state index contributed by atoms with van der Waals surface area (Å²) in [4.78, 5) is 11.2. The van der Waals surface area contributed by atoms with Crippen LogP contribution in [0.4, 0.5) is 0 Å². The van der Waals surface area contributed by atoms with Crippen LogP contribution in [0.1, 0.15) is 32.1 Å². The molecule has 3 fully saturated rings. The van der Waals surface area contributed by atoms with E-state index in [4.69, 9.17) is 4.74 Å². The van der Waals surface area contributed by atoms with Crippen molar-refractivity contribution in [3.63, 3.8) is 0 Å². The van der Waals surface area contributed by atoms with Gasteiger partial charge in [0.15, 0.2) is 0 Å². The van der Waals surface area contributed by atoms with Gasteiger partial charge in [-0.25, -0.2) is 4.79 Å². The Morgan fingerprint density at radius 3 is 2.94 bits per heavy atom. The van der Waals surface area contributed by atoms with Crippen LogP contribution >= 0.6 is 0 Å². The van der Waals surface area contributed by atoms with Crippen molar-refractivity contribution in [1.82, 2.24) is 0 Å². The summed E-state index contributed by atoms with van der Waals surface area (Å²) >= 11 is 0. The monoisotopic (exact) mass is 222 g/mol. The minimum absolute atomic E-state index is 0.0742. The molecule has 3 rings (SSSR count). The predicted molar refractivity (Wildman–Crippen MR) is 58.6 cm³/mol. The summed E-state index contributed by atoms with van der Waals surface area (Å²) in [5.74, 6) is 1.09. The Kier molecular flexibility index (Phi) is 2.15. The molecular weight excluding hydrogens is 204 g/mol. The lowest BCUT2D eigenvalue weighted by Gasteiger charge is -2.35. The van der Waals surface area contributed by atoms with E-state index in [-0.39, 0.29) is 12.1 Å². The first kappa shape index (κ1) is 10.3. The molecule has 0 aliphatic heterocycles. The second-order valence-corrected chi connectivity index (χ2v) is 5.56. The van der Waals surface area contributed by atoms with Crippen molar-refractivity contribution >= 4 is 5.97 Å². The number of fused-ring (bicyclic) bond motifs is 5. The predicted octanol–water partition coefficient (Wildman–Crippen LogP) is 1.66. The number of aliphatic hydroxyl groups is 1. The lowest BCUT2D eigenvalue weighted by Crippen LogP contribution is -2.40. The van der Waals surface area contributed by atoms with Crippen LogP contribution in [-0.2, 0) is 9.53 Å². The summed E-state index contributed by atoms with van der Waals surface area (Å²) in [5, 5.41) is 10.6. The highest BCUT2D eigenvalue weighted by atomic mass is 16.5. The third kappa shape index (κ3) is 1.27. The average Bonchev–Trinajstić information content (AvgIpc) is 2.87. The summed E-state index contributed by atoms with van der Waals surface area (Å²) in [6.07, 6.45) is 6.17. The SMILES string of the molecule is C=CC(=O)OC1CC2(O)CC1C1CCCC12. The molecule has 0 saturated heterocycles. The maximum absolute atomic E-state index is 11.2. The van der Waals surface area contributed by atoms with Crippen molar-refractivity contribution in [3.05, 3.63) is 12.7 Å². The molecule has 0 spiro atoms. The lowest BCUT2D eigenvalue weighted by molar-refractivity contribution is -0.149. The second kappa shape index (κ2) is 3.33. The van der Waals surface area contributed by atoms with Crippen molar-refractivity contribution in [2.24, 2.45) is 17.8 Å². The van der Waals surface area contributed by atoms with Gasteiger partial charge in [-0.2, -0.15) is 0 Å². The van der Waals surface area contributed by atoms with Gasteiger partial charge in [0.05, 0.1) is 5.60 Å². The Balaban J connectivity index is 1.77. The van der Waals surface area contributed by atoms with Crippen LogP contribution in [0.2, 0.25) is 0 Å². The Morgan fingerprint density at radius 2 is 2.19 bits per heavy atom. The molecule has 5 atom stereocenters. The fourth-order valence-electron chi connectivity index (χ4n) is 4.35. The highest BCUT2D eigenvalue weighted by molar-refractivity contribution is 5.81. The minimum atomic E-state index is -0.544. The average molecular weight is 222 g/mol. The number of carbonyl (C=O) groups is 1. The van der Waals surface area contributed by atoms with Crippen molar-refractivity contribution in [1.29, 1.82) is 0 Å².